The van der Waals surface area contributed by atoms with Crippen molar-refractivity contribution in [2.45, 2.75) is 26.6 Å². The van der Waals surface area contributed by atoms with Crippen LogP contribution in [0.1, 0.15) is 16.7 Å². The highest BCUT2D eigenvalue weighted by Crippen LogP contribution is 2.39. The second-order valence-electron chi connectivity index (χ2n) is 6.63. The molecule has 2 aromatic carbocycles. The van der Waals surface area contributed by atoms with Crippen molar-refractivity contribution >= 4 is 5.82 Å². The Labute approximate surface area is 176 Å². The number of ether oxygens (including phenoxy) is 3. The van der Waals surface area contributed by atoms with Crippen LogP contribution in [0.15, 0.2) is 36.5 Å². The lowest BCUT2D eigenvalue weighted by atomic mass is 10.1. The van der Waals surface area contributed by atoms with Crippen LogP contribution >= 0.6 is 0 Å². The molecule has 3 aromatic rings. The summed E-state index contributed by atoms with van der Waals surface area (Å²) in [6.07, 6.45) is 1.60. The van der Waals surface area contributed by atoms with Crippen LogP contribution in [0.4, 0.5) is 23.4 Å². The van der Waals surface area contributed by atoms with E-state index in [1.165, 1.54) is 31.0 Å². The second-order valence-corrected chi connectivity index (χ2v) is 6.63. The van der Waals surface area contributed by atoms with Crippen molar-refractivity contribution in [3.05, 3.63) is 64.9 Å². The maximum atomic E-state index is 14.0. The highest BCUT2D eigenvalue weighted by molar-refractivity contribution is 5.55. The van der Waals surface area contributed by atoms with Gasteiger partial charge in [0, 0.05) is 17.7 Å². The number of aromatic nitrogens is 2. The molecule has 0 atom stereocenters. The van der Waals surface area contributed by atoms with Crippen LogP contribution in [-0.2, 0) is 13.1 Å². The molecule has 166 valence electrons. The normalized spacial score (nSPS) is 11.0. The molecule has 0 radical (unpaired) electrons. The number of nitrogens with one attached hydrogen (secondary N) is 1. The number of alkyl halides is 2. The molecule has 3 rings (SSSR count). The van der Waals surface area contributed by atoms with Gasteiger partial charge in [-0.1, -0.05) is 0 Å². The summed E-state index contributed by atoms with van der Waals surface area (Å²) >= 11 is 0. The van der Waals surface area contributed by atoms with Gasteiger partial charge >= 0.3 is 6.61 Å². The summed E-state index contributed by atoms with van der Waals surface area (Å²) < 4.78 is 69.2. The first kappa shape index (κ1) is 22.3. The number of methoxy groups -OCH3 is 2. The van der Waals surface area contributed by atoms with Gasteiger partial charge in [0.05, 0.1) is 27.0 Å². The Balaban J connectivity index is 1.83. The first-order valence-electron chi connectivity index (χ1n) is 9.22. The minimum Gasteiger partial charge on any atom is -0.493 e. The van der Waals surface area contributed by atoms with E-state index in [-0.39, 0.29) is 35.9 Å². The zero-order chi connectivity index (χ0) is 22.5. The number of halogens is 4. The summed E-state index contributed by atoms with van der Waals surface area (Å²) in [5.74, 6) is -0.516. The van der Waals surface area contributed by atoms with Crippen molar-refractivity contribution in [1.29, 1.82) is 0 Å². The predicted octanol–water partition coefficient (Wildman–Crippen LogP) is 4.75. The largest absolute Gasteiger partial charge is 0.493 e. The van der Waals surface area contributed by atoms with Gasteiger partial charge in [0.25, 0.3) is 0 Å². The number of benzene rings is 2. The van der Waals surface area contributed by atoms with E-state index in [2.05, 4.69) is 15.2 Å². The average molecular weight is 439 g/mol. The molecule has 0 amide bonds. The molecule has 0 aliphatic rings. The third-order valence-electron chi connectivity index (χ3n) is 4.54. The summed E-state index contributed by atoms with van der Waals surface area (Å²) in [6, 6.07) is 6.31. The lowest BCUT2D eigenvalue weighted by molar-refractivity contribution is -0.0526. The Morgan fingerprint density at radius 3 is 2.35 bits per heavy atom. The first-order chi connectivity index (χ1) is 14.8. The van der Waals surface area contributed by atoms with Crippen molar-refractivity contribution in [3.8, 4) is 17.2 Å². The van der Waals surface area contributed by atoms with Gasteiger partial charge in [-0.25, -0.2) is 13.5 Å². The van der Waals surface area contributed by atoms with E-state index in [1.54, 1.807) is 6.20 Å². The molecule has 10 heteroatoms. The van der Waals surface area contributed by atoms with Crippen LogP contribution in [0.25, 0.3) is 0 Å². The van der Waals surface area contributed by atoms with Gasteiger partial charge in [-0.05, 0) is 42.8 Å². The monoisotopic (exact) mass is 439 g/mol. The van der Waals surface area contributed by atoms with Crippen LogP contribution in [0.2, 0.25) is 0 Å². The van der Waals surface area contributed by atoms with Gasteiger partial charge in [-0.3, -0.25) is 0 Å². The molecule has 0 saturated carbocycles. The van der Waals surface area contributed by atoms with Crippen LogP contribution in [-0.4, -0.2) is 30.6 Å². The number of anilines is 1. The number of hydrogen-bond acceptors (Lipinski definition) is 5. The molecule has 0 aliphatic carbocycles. The smallest absolute Gasteiger partial charge is 0.387 e. The Hall–Kier alpha value is -3.43. The highest BCUT2D eigenvalue weighted by atomic mass is 19.3. The van der Waals surface area contributed by atoms with Gasteiger partial charge in [-0.15, -0.1) is 0 Å². The molecule has 1 heterocycles. The van der Waals surface area contributed by atoms with Crippen molar-refractivity contribution < 1.29 is 31.8 Å². The number of hydrogen-bond donors (Lipinski definition) is 1. The first-order valence-corrected chi connectivity index (χ1v) is 9.22. The van der Waals surface area contributed by atoms with Crippen LogP contribution < -0.4 is 19.5 Å². The predicted molar refractivity (Wildman–Crippen MR) is 106 cm³/mol. The van der Waals surface area contributed by atoms with Crippen molar-refractivity contribution in [2.24, 2.45) is 0 Å². The fraction of sp³-hybridized carbons (Fsp3) is 0.286. The lowest BCUT2D eigenvalue weighted by Crippen LogP contribution is -2.11. The van der Waals surface area contributed by atoms with Gasteiger partial charge < -0.3 is 19.5 Å². The Morgan fingerprint density at radius 1 is 1.06 bits per heavy atom. The van der Waals surface area contributed by atoms with Crippen molar-refractivity contribution in [1.82, 2.24) is 9.78 Å². The molecular formula is C21H21F4N3O3. The number of rotatable bonds is 9. The minimum absolute atomic E-state index is 0.0214. The summed E-state index contributed by atoms with van der Waals surface area (Å²) in [5, 5.41) is 7.40. The molecule has 0 fully saturated rings. The van der Waals surface area contributed by atoms with E-state index >= 15 is 0 Å². The van der Waals surface area contributed by atoms with E-state index in [4.69, 9.17) is 9.47 Å². The molecular weight excluding hydrogens is 418 g/mol. The van der Waals surface area contributed by atoms with Crippen LogP contribution in [0, 0.1) is 18.6 Å². The minimum atomic E-state index is -3.04. The maximum absolute atomic E-state index is 14.0. The Bertz CT molecular complexity index is 1030. The lowest BCUT2D eigenvalue weighted by Gasteiger charge is -2.17. The Morgan fingerprint density at radius 2 is 1.74 bits per heavy atom. The highest BCUT2D eigenvalue weighted by Gasteiger charge is 2.18. The van der Waals surface area contributed by atoms with Gasteiger partial charge in [0.15, 0.2) is 11.5 Å². The molecule has 0 spiro atoms. The topological polar surface area (TPSA) is 57.5 Å². The average Bonchev–Trinajstić information content (AvgIpc) is 3.08. The van der Waals surface area contributed by atoms with E-state index in [9.17, 15) is 17.6 Å². The third-order valence-corrected chi connectivity index (χ3v) is 4.54. The molecule has 31 heavy (non-hydrogen) atoms. The van der Waals surface area contributed by atoms with Gasteiger partial charge in [0.2, 0.25) is 5.75 Å². The Kier molecular flexibility index (Phi) is 6.88. The summed E-state index contributed by atoms with van der Waals surface area (Å²) in [7, 11) is 2.66. The second kappa shape index (κ2) is 9.59. The van der Waals surface area contributed by atoms with Crippen molar-refractivity contribution in [2.75, 3.05) is 19.5 Å². The third kappa shape index (κ3) is 5.19. The number of aryl methyl sites for hydroxylation is 1. The van der Waals surface area contributed by atoms with Gasteiger partial charge in [0.1, 0.15) is 17.5 Å². The zero-order valence-electron chi connectivity index (χ0n) is 17.1. The van der Waals surface area contributed by atoms with E-state index in [1.807, 2.05) is 6.92 Å². The van der Waals surface area contributed by atoms with Crippen LogP contribution in [0.3, 0.4) is 0 Å². The SMILES string of the molecule is COc1cc(CNc2c(C)cnn2Cc2cc(F)ccc2F)cc(OC)c1OC(F)F. The number of nitrogens with zero attached hydrogens (tertiary/aromatic N) is 2. The summed E-state index contributed by atoms with van der Waals surface area (Å²) in [5.41, 5.74) is 1.59. The molecule has 1 N–H and O–H groups in total. The summed E-state index contributed by atoms with van der Waals surface area (Å²) in [6.45, 7) is -0.950. The van der Waals surface area contributed by atoms with Gasteiger partial charge in [-0.2, -0.15) is 13.9 Å². The molecule has 0 saturated heterocycles. The fourth-order valence-electron chi connectivity index (χ4n) is 3.08. The molecule has 6 nitrogen and oxygen atoms in total. The van der Waals surface area contributed by atoms with Crippen molar-refractivity contribution in [3.63, 3.8) is 0 Å². The maximum Gasteiger partial charge on any atom is 0.387 e. The quantitative estimate of drug-likeness (QED) is 0.488. The molecule has 1 aromatic heterocycles. The van der Waals surface area contributed by atoms with E-state index in [0.29, 0.717) is 11.4 Å². The van der Waals surface area contributed by atoms with Crippen LogP contribution in [0.5, 0.6) is 17.2 Å². The van der Waals surface area contributed by atoms with E-state index < -0.39 is 18.2 Å². The molecule has 0 bridgehead atoms. The zero-order valence-corrected chi connectivity index (χ0v) is 17.1. The van der Waals surface area contributed by atoms with E-state index in [0.717, 1.165) is 23.8 Å². The summed E-state index contributed by atoms with van der Waals surface area (Å²) in [4.78, 5) is 0. The fourth-order valence-corrected chi connectivity index (χ4v) is 3.08. The molecule has 0 aliphatic heterocycles. The molecule has 0 unspecified atom stereocenters. The standard InChI is InChI=1S/C21H21F4N3O3/c1-12-9-27-28(11-14-8-15(22)4-5-16(14)23)20(12)26-10-13-6-17(29-2)19(31-21(24)25)18(7-13)30-3/h4-9,21,26H,10-11H2,1-3H3.